The van der Waals surface area contributed by atoms with Crippen LogP contribution in [0, 0.1) is 12.3 Å². The van der Waals surface area contributed by atoms with Crippen molar-refractivity contribution in [1.82, 2.24) is 9.55 Å². The van der Waals surface area contributed by atoms with Gasteiger partial charge < -0.3 is 19.4 Å². The molecule has 27 heavy (non-hydrogen) atoms. The molecule has 1 aliphatic rings. The molecular weight excluding hydrogens is 366 g/mol. The first-order valence-corrected chi connectivity index (χ1v) is 9.18. The Morgan fingerprint density at radius 2 is 2.15 bits per heavy atom. The van der Waals surface area contributed by atoms with Gasteiger partial charge in [0.15, 0.2) is 16.7 Å². The number of nitrogens with zero attached hydrogens (tertiary/aromatic N) is 2. The molecule has 1 aromatic carbocycles. The van der Waals surface area contributed by atoms with Crippen molar-refractivity contribution in [2.75, 3.05) is 25.3 Å². The van der Waals surface area contributed by atoms with Gasteiger partial charge in [0.2, 0.25) is 5.91 Å². The maximum absolute atomic E-state index is 12.8. The van der Waals surface area contributed by atoms with Crippen LogP contribution in [0.25, 0.3) is 0 Å². The number of fused-ring (bicyclic) bond motifs is 1. The first-order valence-electron chi connectivity index (χ1n) is 8.19. The molecule has 1 amide bonds. The summed E-state index contributed by atoms with van der Waals surface area (Å²) in [7, 11) is 4.81. The monoisotopic (exact) mass is 385 g/mol. The molecule has 0 fully saturated rings. The Morgan fingerprint density at radius 3 is 2.81 bits per heavy atom. The maximum Gasteiger partial charge on any atom is 0.279 e. The fourth-order valence-corrected chi connectivity index (χ4v) is 3.87. The first kappa shape index (κ1) is 18.9. The minimum atomic E-state index is -0.489. The summed E-state index contributed by atoms with van der Waals surface area (Å²) in [5.74, 6) is 3.67. The number of amides is 1. The van der Waals surface area contributed by atoms with E-state index in [0.717, 1.165) is 0 Å². The fourth-order valence-electron chi connectivity index (χ4n) is 3.22. The highest BCUT2D eigenvalue weighted by Crippen LogP contribution is 2.42. The lowest BCUT2D eigenvalue weighted by atomic mass is 9.86. The highest BCUT2D eigenvalue weighted by molar-refractivity contribution is 7.99. The number of thioether (sulfide) groups is 1. The van der Waals surface area contributed by atoms with E-state index in [4.69, 9.17) is 15.9 Å². The molecule has 0 saturated heterocycles. The Labute approximate surface area is 161 Å². The highest BCUT2D eigenvalue weighted by atomic mass is 32.2. The molecule has 1 aromatic heterocycles. The number of para-hydroxylation sites is 1. The molecule has 1 N–H and O–H groups in total. The summed E-state index contributed by atoms with van der Waals surface area (Å²) < 4.78 is 12.5. The molecule has 1 aliphatic heterocycles. The molecule has 1 atom stereocenters. The van der Waals surface area contributed by atoms with Crippen molar-refractivity contribution in [3.63, 3.8) is 0 Å². The molecule has 2 heterocycles. The molecule has 0 spiro atoms. The Balaban J connectivity index is 2.21. The van der Waals surface area contributed by atoms with Gasteiger partial charge in [0.1, 0.15) is 5.82 Å². The zero-order chi connectivity index (χ0) is 19.6. The summed E-state index contributed by atoms with van der Waals surface area (Å²) in [6.45, 7) is 0. The first-order chi connectivity index (χ1) is 13.0. The van der Waals surface area contributed by atoms with Gasteiger partial charge in [-0.3, -0.25) is 9.59 Å². The summed E-state index contributed by atoms with van der Waals surface area (Å²) in [5.41, 5.74) is 0.738. The molecule has 3 rings (SSSR count). The minimum Gasteiger partial charge on any atom is -0.493 e. The van der Waals surface area contributed by atoms with Crippen LogP contribution >= 0.6 is 11.8 Å². The van der Waals surface area contributed by atoms with Crippen LogP contribution in [-0.4, -0.2) is 35.4 Å². The third kappa shape index (κ3) is 3.38. The van der Waals surface area contributed by atoms with E-state index in [1.165, 1.54) is 18.9 Å². The minimum absolute atomic E-state index is 0.115. The fraction of sp³-hybridized carbons (Fsp3) is 0.316. The second-order valence-electron chi connectivity index (χ2n) is 5.90. The van der Waals surface area contributed by atoms with Crippen molar-refractivity contribution in [2.24, 2.45) is 7.05 Å². The lowest BCUT2D eigenvalue weighted by Gasteiger charge is -2.28. The van der Waals surface area contributed by atoms with Gasteiger partial charge in [-0.25, -0.2) is 0 Å². The lowest BCUT2D eigenvalue weighted by molar-refractivity contribution is -0.116. The summed E-state index contributed by atoms with van der Waals surface area (Å²) in [5, 5.41) is 3.25. The Morgan fingerprint density at radius 1 is 1.37 bits per heavy atom. The molecule has 2 aromatic rings. The summed E-state index contributed by atoms with van der Waals surface area (Å²) in [6, 6.07) is 5.40. The predicted molar refractivity (Wildman–Crippen MR) is 104 cm³/mol. The number of rotatable bonds is 5. The number of hydrogen-bond donors (Lipinski definition) is 1. The average molecular weight is 385 g/mol. The molecule has 8 heteroatoms. The number of ether oxygens (including phenoxy) is 2. The van der Waals surface area contributed by atoms with Gasteiger partial charge in [-0.2, -0.15) is 4.98 Å². The van der Waals surface area contributed by atoms with Crippen molar-refractivity contribution in [3.8, 4) is 23.8 Å². The molecule has 1 unspecified atom stereocenters. The largest absolute Gasteiger partial charge is 0.493 e. The van der Waals surface area contributed by atoms with Gasteiger partial charge in [-0.1, -0.05) is 29.8 Å². The van der Waals surface area contributed by atoms with Crippen LogP contribution in [0.5, 0.6) is 11.5 Å². The number of carbonyl (C=O) groups excluding carboxylic acids is 1. The summed E-state index contributed by atoms with van der Waals surface area (Å²) in [4.78, 5) is 29.4. The summed E-state index contributed by atoms with van der Waals surface area (Å²) >= 11 is 1.27. The highest BCUT2D eigenvalue weighted by Gasteiger charge is 2.34. The van der Waals surface area contributed by atoms with Gasteiger partial charge in [0, 0.05) is 24.9 Å². The maximum atomic E-state index is 12.8. The smallest absolute Gasteiger partial charge is 0.279 e. The van der Waals surface area contributed by atoms with E-state index in [9.17, 15) is 9.59 Å². The molecule has 0 aliphatic carbocycles. The van der Waals surface area contributed by atoms with E-state index < -0.39 is 11.5 Å². The van der Waals surface area contributed by atoms with Gasteiger partial charge in [0.25, 0.3) is 5.56 Å². The van der Waals surface area contributed by atoms with E-state index in [2.05, 4.69) is 16.2 Å². The third-order valence-electron chi connectivity index (χ3n) is 4.39. The second kappa shape index (κ2) is 7.76. The third-order valence-corrected chi connectivity index (χ3v) is 5.33. The van der Waals surface area contributed by atoms with E-state index in [1.807, 2.05) is 6.07 Å². The normalized spacial score (nSPS) is 15.5. The number of terminal acetylenes is 1. The molecule has 140 valence electrons. The molecule has 0 radical (unpaired) electrons. The van der Waals surface area contributed by atoms with Crippen LogP contribution in [-0.2, 0) is 11.8 Å². The number of aromatic nitrogens is 2. The predicted octanol–water partition coefficient (Wildman–Crippen LogP) is 2.00. The van der Waals surface area contributed by atoms with E-state index in [1.54, 1.807) is 30.9 Å². The zero-order valence-electron chi connectivity index (χ0n) is 15.2. The Hall–Kier alpha value is -2.92. The van der Waals surface area contributed by atoms with Crippen molar-refractivity contribution < 1.29 is 14.3 Å². The van der Waals surface area contributed by atoms with Gasteiger partial charge in [-0.05, 0) is 6.07 Å². The summed E-state index contributed by atoms with van der Waals surface area (Å²) in [6.07, 6.45) is 5.42. The van der Waals surface area contributed by atoms with Gasteiger partial charge in [-0.15, -0.1) is 6.42 Å². The van der Waals surface area contributed by atoms with Crippen LogP contribution in [0.4, 0.5) is 5.82 Å². The van der Waals surface area contributed by atoms with Crippen LogP contribution in [0.1, 0.15) is 23.5 Å². The van der Waals surface area contributed by atoms with Gasteiger partial charge >= 0.3 is 0 Å². The van der Waals surface area contributed by atoms with Crippen molar-refractivity contribution in [1.29, 1.82) is 0 Å². The standard InChI is InChI=1S/C19H19N3O4S/c1-5-9-27-19-21-18(24)15-12(10-14(23)20-17(15)22(19)2)11-7-6-8-13(25-3)16(11)26-4/h1,6-8,12H,9-10H2,2-4H3,(H,20,23). The Bertz CT molecular complexity index is 994. The second-order valence-corrected chi connectivity index (χ2v) is 6.84. The molecule has 0 bridgehead atoms. The molecule has 0 saturated carbocycles. The Kier molecular flexibility index (Phi) is 5.42. The van der Waals surface area contributed by atoms with E-state index in [-0.39, 0.29) is 12.3 Å². The van der Waals surface area contributed by atoms with Crippen LogP contribution in [0.3, 0.4) is 0 Å². The van der Waals surface area contributed by atoms with Crippen LogP contribution < -0.4 is 20.3 Å². The molecular formula is C19H19N3O4S. The van der Waals surface area contributed by atoms with Crippen molar-refractivity contribution in [3.05, 3.63) is 39.7 Å². The number of hydrogen-bond acceptors (Lipinski definition) is 6. The number of methoxy groups -OCH3 is 2. The number of nitrogens with one attached hydrogen (secondary N) is 1. The number of carbonyl (C=O) groups is 1. The lowest BCUT2D eigenvalue weighted by Crippen LogP contribution is -2.33. The van der Waals surface area contributed by atoms with Crippen molar-refractivity contribution >= 4 is 23.5 Å². The quantitative estimate of drug-likeness (QED) is 0.482. The van der Waals surface area contributed by atoms with Gasteiger partial charge in [0.05, 0.1) is 25.5 Å². The average Bonchev–Trinajstić information content (AvgIpc) is 2.68. The zero-order valence-corrected chi connectivity index (χ0v) is 16.1. The SMILES string of the molecule is C#CCSc1nc(=O)c2c(n1C)NC(=O)CC2c1cccc(OC)c1OC. The van der Waals surface area contributed by atoms with Crippen LogP contribution in [0.15, 0.2) is 28.2 Å². The van der Waals surface area contributed by atoms with E-state index >= 15 is 0 Å². The number of benzene rings is 1. The number of anilines is 1. The molecule has 7 nitrogen and oxygen atoms in total. The van der Waals surface area contributed by atoms with E-state index in [0.29, 0.717) is 39.4 Å². The topological polar surface area (TPSA) is 82.5 Å². The van der Waals surface area contributed by atoms with Crippen molar-refractivity contribution in [2.45, 2.75) is 17.5 Å². The van der Waals surface area contributed by atoms with Crippen LogP contribution in [0.2, 0.25) is 0 Å².